The van der Waals surface area contributed by atoms with Gasteiger partial charge in [-0.05, 0) is 25.7 Å². The molecule has 1 aromatic rings. The van der Waals surface area contributed by atoms with E-state index in [0.29, 0.717) is 44.0 Å². The van der Waals surface area contributed by atoms with Crippen LogP contribution in [0.1, 0.15) is 54.7 Å². The van der Waals surface area contributed by atoms with Gasteiger partial charge in [0, 0.05) is 51.0 Å². The van der Waals surface area contributed by atoms with Gasteiger partial charge in [-0.1, -0.05) is 6.92 Å². The van der Waals surface area contributed by atoms with Gasteiger partial charge in [-0.2, -0.15) is 0 Å². The highest BCUT2D eigenvalue weighted by atomic mass is 16.5. The quantitative estimate of drug-likeness (QED) is 0.892. The molecule has 1 saturated carbocycles. The van der Waals surface area contributed by atoms with Crippen molar-refractivity contribution in [1.29, 1.82) is 0 Å². The monoisotopic (exact) mass is 319 g/mol. The Morgan fingerprint density at radius 3 is 2.70 bits per heavy atom. The zero-order valence-electron chi connectivity index (χ0n) is 13.9. The Kier molecular flexibility index (Phi) is 4.64. The molecule has 0 radical (unpaired) electrons. The average molecular weight is 319 g/mol. The number of rotatable bonds is 5. The molecule has 1 N–H and O–H groups in total. The Labute approximate surface area is 136 Å². The van der Waals surface area contributed by atoms with Crippen LogP contribution in [0.4, 0.5) is 0 Å². The Hall–Kier alpha value is -1.53. The summed E-state index contributed by atoms with van der Waals surface area (Å²) in [6, 6.07) is 0. The molecule has 2 aliphatic rings. The number of methoxy groups -OCH3 is 1. The number of ether oxygens (including phenoxy) is 1. The first-order valence-corrected chi connectivity index (χ1v) is 8.36. The van der Waals surface area contributed by atoms with Gasteiger partial charge < -0.3 is 14.7 Å². The number of hydrogen-bond donors (Lipinski definition) is 1. The van der Waals surface area contributed by atoms with Crippen LogP contribution in [0.15, 0.2) is 12.4 Å². The van der Waals surface area contributed by atoms with E-state index in [1.54, 1.807) is 24.4 Å². The molecule has 6 nitrogen and oxygen atoms in total. The molecule has 0 aromatic carbocycles. The van der Waals surface area contributed by atoms with Crippen molar-refractivity contribution >= 4 is 5.91 Å². The summed E-state index contributed by atoms with van der Waals surface area (Å²) in [5.41, 5.74) is -0.219. The lowest BCUT2D eigenvalue weighted by molar-refractivity contribution is -0.0750. The van der Waals surface area contributed by atoms with Gasteiger partial charge in [0.1, 0.15) is 5.82 Å². The zero-order valence-corrected chi connectivity index (χ0v) is 13.9. The molecule has 23 heavy (non-hydrogen) atoms. The van der Waals surface area contributed by atoms with Gasteiger partial charge in [-0.25, -0.2) is 9.97 Å². The van der Waals surface area contributed by atoms with E-state index in [1.165, 1.54) is 0 Å². The van der Waals surface area contributed by atoms with Crippen LogP contribution < -0.4 is 0 Å². The van der Waals surface area contributed by atoms with Gasteiger partial charge in [-0.3, -0.25) is 4.79 Å². The molecule has 1 aliphatic heterocycles. The molecule has 0 spiro atoms. The fourth-order valence-corrected chi connectivity index (χ4v) is 3.18. The second-order valence-corrected chi connectivity index (χ2v) is 6.85. The predicted octanol–water partition coefficient (Wildman–Crippen LogP) is 1.60. The van der Waals surface area contributed by atoms with E-state index in [2.05, 4.69) is 9.97 Å². The third-order valence-electron chi connectivity index (χ3n) is 5.11. The van der Waals surface area contributed by atoms with Crippen LogP contribution in [0.5, 0.6) is 0 Å². The molecule has 2 unspecified atom stereocenters. The van der Waals surface area contributed by atoms with Crippen molar-refractivity contribution in [2.45, 2.75) is 44.1 Å². The predicted molar refractivity (Wildman–Crippen MR) is 85.1 cm³/mol. The topological polar surface area (TPSA) is 75.6 Å². The highest BCUT2D eigenvalue weighted by Crippen LogP contribution is 2.37. The van der Waals surface area contributed by atoms with Crippen molar-refractivity contribution in [1.82, 2.24) is 14.9 Å². The second kappa shape index (κ2) is 6.53. The smallest absolute Gasteiger partial charge is 0.257 e. The molecule has 1 aromatic heterocycles. The molecular weight excluding hydrogens is 294 g/mol. The summed E-state index contributed by atoms with van der Waals surface area (Å²) in [7, 11) is 1.64. The number of nitrogens with zero attached hydrogens (tertiary/aromatic N) is 3. The molecule has 1 aliphatic carbocycles. The van der Waals surface area contributed by atoms with Crippen molar-refractivity contribution < 1.29 is 14.6 Å². The molecule has 2 fully saturated rings. The largest absolute Gasteiger partial charge is 0.389 e. The zero-order chi connectivity index (χ0) is 16.4. The number of aliphatic hydroxyl groups is 1. The van der Waals surface area contributed by atoms with E-state index < -0.39 is 5.60 Å². The number of carbonyl (C=O) groups is 1. The van der Waals surface area contributed by atoms with Gasteiger partial charge in [0.05, 0.1) is 11.2 Å². The summed E-state index contributed by atoms with van der Waals surface area (Å²) in [5.74, 6) is 1.31. The SMILES string of the molecule is COCCC1(O)CCN(C(=O)c2cnc(C3CC3)nc2)CC1C. The standard InChI is InChI=1S/C17H25N3O3/c1-12-11-20(7-5-17(12,22)6-8-23-2)16(21)14-9-18-15(19-10-14)13-3-4-13/h9-10,12-13,22H,3-8,11H2,1-2H3. The maximum atomic E-state index is 12.6. The summed E-state index contributed by atoms with van der Waals surface area (Å²) in [6.07, 6.45) is 6.75. The second-order valence-electron chi connectivity index (χ2n) is 6.85. The minimum Gasteiger partial charge on any atom is -0.389 e. The molecule has 1 saturated heterocycles. The van der Waals surface area contributed by atoms with E-state index in [4.69, 9.17) is 4.74 Å². The number of carbonyl (C=O) groups excluding carboxylic acids is 1. The Morgan fingerprint density at radius 1 is 1.43 bits per heavy atom. The fraction of sp³-hybridized carbons (Fsp3) is 0.706. The van der Waals surface area contributed by atoms with Crippen molar-refractivity contribution in [2.75, 3.05) is 26.8 Å². The summed E-state index contributed by atoms with van der Waals surface area (Å²) < 4.78 is 5.08. The van der Waals surface area contributed by atoms with E-state index in [0.717, 1.165) is 18.7 Å². The number of piperidine rings is 1. The maximum absolute atomic E-state index is 12.6. The third-order valence-corrected chi connectivity index (χ3v) is 5.11. The van der Waals surface area contributed by atoms with Crippen LogP contribution in [0.25, 0.3) is 0 Å². The lowest BCUT2D eigenvalue weighted by Crippen LogP contribution is -2.52. The summed E-state index contributed by atoms with van der Waals surface area (Å²) in [4.78, 5) is 23.0. The van der Waals surface area contributed by atoms with E-state index in [1.807, 2.05) is 6.92 Å². The summed E-state index contributed by atoms with van der Waals surface area (Å²) in [6.45, 7) is 3.62. The first-order valence-electron chi connectivity index (χ1n) is 8.36. The molecule has 126 valence electrons. The van der Waals surface area contributed by atoms with Crippen LogP contribution in [0.3, 0.4) is 0 Å². The van der Waals surface area contributed by atoms with Gasteiger partial charge >= 0.3 is 0 Å². The molecule has 3 rings (SSSR count). The Bertz CT molecular complexity index is 559. The van der Waals surface area contributed by atoms with Gasteiger partial charge in [0.25, 0.3) is 5.91 Å². The van der Waals surface area contributed by atoms with Crippen LogP contribution in [0.2, 0.25) is 0 Å². The highest BCUT2D eigenvalue weighted by Gasteiger charge is 2.40. The molecule has 6 heteroatoms. The van der Waals surface area contributed by atoms with E-state index in [9.17, 15) is 9.90 Å². The van der Waals surface area contributed by atoms with Crippen LogP contribution in [-0.2, 0) is 4.74 Å². The van der Waals surface area contributed by atoms with Gasteiger partial charge in [-0.15, -0.1) is 0 Å². The van der Waals surface area contributed by atoms with Crippen molar-refractivity contribution in [3.63, 3.8) is 0 Å². The minimum atomic E-state index is -0.751. The number of aromatic nitrogens is 2. The average Bonchev–Trinajstić information content (AvgIpc) is 3.40. The van der Waals surface area contributed by atoms with Crippen LogP contribution in [0, 0.1) is 5.92 Å². The van der Waals surface area contributed by atoms with Gasteiger partial charge in [0.15, 0.2) is 0 Å². The highest BCUT2D eigenvalue weighted by molar-refractivity contribution is 5.93. The lowest BCUT2D eigenvalue weighted by Gasteiger charge is -2.43. The first kappa shape index (κ1) is 16.3. The van der Waals surface area contributed by atoms with E-state index in [-0.39, 0.29) is 11.8 Å². The van der Waals surface area contributed by atoms with Crippen molar-refractivity contribution in [3.8, 4) is 0 Å². The molecule has 0 bridgehead atoms. The first-order chi connectivity index (χ1) is 11.0. The third kappa shape index (κ3) is 3.53. The van der Waals surface area contributed by atoms with Crippen LogP contribution in [-0.4, -0.2) is 58.3 Å². The molecule has 1 amide bonds. The molecule has 2 atom stereocenters. The summed E-state index contributed by atoms with van der Waals surface area (Å²) >= 11 is 0. The summed E-state index contributed by atoms with van der Waals surface area (Å²) in [5, 5.41) is 10.7. The lowest BCUT2D eigenvalue weighted by atomic mass is 9.80. The fourth-order valence-electron chi connectivity index (χ4n) is 3.18. The van der Waals surface area contributed by atoms with E-state index >= 15 is 0 Å². The number of hydrogen-bond acceptors (Lipinski definition) is 5. The number of amides is 1. The molecular formula is C17H25N3O3. The normalized spacial score (nSPS) is 28.0. The molecule has 2 heterocycles. The maximum Gasteiger partial charge on any atom is 0.257 e. The van der Waals surface area contributed by atoms with Crippen molar-refractivity contribution in [2.24, 2.45) is 5.92 Å². The van der Waals surface area contributed by atoms with Crippen LogP contribution >= 0.6 is 0 Å². The van der Waals surface area contributed by atoms with Gasteiger partial charge in [0.2, 0.25) is 0 Å². The Morgan fingerprint density at radius 2 is 2.13 bits per heavy atom. The van der Waals surface area contributed by atoms with Crippen molar-refractivity contribution in [3.05, 3.63) is 23.8 Å². The number of likely N-dealkylation sites (tertiary alicyclic amines) is 1. The Balaban J connectivity index is 1.62. The minimum absolute atomic E-state index is 0.0157.